The van der Waals surface area contributed by atoms with Crippen LogP contribution in [0.1, 0.15) is 34.7 Å². The van der Waals surface area contributed by atoms with Gasteiger partial charge >= 0.3 is 0 Å². The van der Waals surface area contributed by atoms with Crippen molar-refractivity contribution in [1.82, 2.24) is 0 Å². The van der Waals surface area contributed by atoms with Crippen LogP contribution in [0.5, 0.6) is 5.75 Å². The molecule has 0 amide bonds. The molecule has 118 valence electrons. The van der Waals surface area contributed by atoms with Gasteiger partial charge in [-0.05, 0) is 46.9 Å². The van der Waals surface area contributed by atoms with E-state index in [1.165, 1.54) is 27.8 Å². The monoisotopic (exact) mass is 312 g/mol. The van der Waals surface area contributed by atoms with E-state index in [-0.39, 0.29) is 5.41 Å². The molecule has 0 aromatic heterocycles. The molecule has 3 aromatic carbocycles. The topological polar surface area (TPSA) is 9.23 Å². The van der Waals surface area contributed by atoms with E-state index in [9.17, 15) is 0 Å². The van der Waals surface area contributed by atoms with Crippen molar-refractivity contribution in [3.63, 3.8) is 0 Å². The van der Waals surface area contributed by atoms with Gasteiger partial charge in [0, 0.05) is 5.41 Å². The van der Waals surface area contributed by atoms with E-state index < -0.39 is 0 Å². The normalized spacial score (nSPS) is 14.4. The Kier molecular flexibility index (Phi) is 3.50. The van der Waals surface area contributed by atoms with Crippen LogP contribution in [0.15, 0.2) is 72.8 Å². The van der Waals surface area contributed by atoms with Gasteiger partial charge in [-0.2, -0.15) is 0 Å². The zero-order valence-electron chi connectivity index (χ0n) is 14.0. The third-order valence-corrected chi connectivity index (χ3v) is 5.11. The molecule has 1 aliphatic carbocycles. The van der Waals surface area contributed by atoms with Crippen molar-refractivity contribution in [1.29, 1.82) is 0 Å². The molecule has 1 heteroatoms. The van der Waals surface area contributed by atoms with Crippen LogP contribution >= 0.6 is 0 Å². The van der Waals surface area contributed by atoms with Gasteiger partial charge in [0.05, 0.1) is 7.11 Å². The first-order valence-corrected chi connectivity index (χ1v) is 8.25. The van der Waals surface area contributed by atoms with E-state index in [0.717, 1.165) is 5.75 Å². The Morgan fingerprint density at radius 2 is 1.17 bits per heavy atom. The summed E-state index contributed by atoms with van der Waals surface area (Å²) in [5, 5.41) is 0. The quantitative estimate of drug-likeness (QED) is 0.604. The van der Waals surface area contributed by atoms with E-state index in [0.29, 0.717) is 0 Å². The lowest BCUT2D eigenvalue weighted by Crippen LogP contribution is -2.26. The Balaban J connectivity index is 2.03. The molecule has 0 radical (unpaired) electrons. The minimum Gasteiger partial charge on any atom is -0.497 e. The summed E-state index contributed by atoms with van der Waals surface area (Å²) in [5.41, 5.74) is 6.27. The molecular weight excluding hydrogens is 292 g/mol. The predicted molar refractivity (Wildman–Crippen MR) is 100 cm³/mol. The number of hydrogen-bond acceptors (Lipinski definition) is 1. The van der Waals surface area contributed by atoms with Crippen LogP contribution in [-0.2, 0) is 5.41 Å². The van der Waals surface area contributed by atoms with Gasteiger partial charge in [-0.15, -0.1) is 0 Å². The molecule has 0 atom stereocenters. The summed E-state index contributed by atoms with van der Waals surface area (Å²) in [6.45, 7) is 2.32. The fraction of sp³-hybridized carbons (Fsp3) is 0.130. The van der Waals surface area contributed by atoms with Crippen molar-refractivity contribution in [2.45, 2.75) is 12.3 Å². The minimum absolute atomic E-state index is 0.205. The summed E-state index contributed by atoms with van der Waals surface area (Å²) in [6, 6.07) is 25.8. The molecule has 1 aliphatic rings. The number of benzene rings is 3. The highest BCUT2D eigenvalue weighted by Crippen LogP contribution is 2.44. The summed E-state index contributed by atoms with van der Waals surface area (Å²) >= 11 is 0. The Morgan fingerprint density at radius 3 is 1.67 bits per heavy atom. The number of rotatable bonds is 2. The maximum atomic E-state index is 5.34. The van der Waals surface area contributed by atoms with Crippen LogP contribution in [0.4, 0.5) is 0 Å². The second kappa shape index (κ2) is 5.68. The lowest BCUT2D eigenvalue weighted by atomic mass is 9.69. The SMILES string of the molecule is COc1ccc(C2(C)c3ccccc3C=Cc3ccccc32)cc1. The molecule has 4 rings (SSSR count). The molecule has 0 saturated heterocycles. The van der Waals surface area contributed by atoms with Crippen molar-refractivity contribution in [3.8, 4) is 5.75 Å². The summed E-state index contributed by atoms with van der Waals surface area (Å²) in [4.78, 5) is 0. The van der Waals surface area contributed by atoms with Gasteiger partial charge in [-0.3, -0.25) is 0 Å². The van der Waals surface area contributed by atoms with Crippen LogP contribution in [0, 0.1) is 0 Å². The van der Waals surface area contributed by atoms with Crippen molar-refractivity contribution >= 4 is 12.2 Å². The molecule has 0 heterocycles. The van der Waals surface area contributed by atoms with Gasteiger partial charge in [0.25, 0.3) is 0 Å². The largest absolute Gasteiger partial charge is 0.497 e. The lowest BCUT2D eigenvalue weighted by molar-refractivity contribution is 0.414. The molecule has 0 saturated carbocycles. The number of ether oxygens (including phenoxy) is 1. The number of methoxy groups -OCH3 is 1. The highest BCUT2D eigenvalue weighted by molar-refractivity contribution is 5.79. The second-order valence-electron chi connectivity index (χ2n) is 6.36. The molecule has 24 heavy (non-hydrogen) atoms. The zero-order valence-corrected chi connectivity index (χ0v) is 14.0. The summed E-state index contributed by atoms with van der Waals surface area (Å²) in [6.07, 6.45) is 4.45. The Labute approximate surface area is 143 Å². The summed E-state index contributed by atoms with van der Waals surface area (Å²) in [5.74, 6) is 0.885. The fourth-order valence-corrected chi connectivity index (χ4v) is 3.76. The van der Waals surface area contributed by atoms with E-state index in [2.05, 4.69) is 79.7 Å². The van der Waals surface area contributed by atoms with Gasteiger partial charge in [0.2, 0.25) is 0 Å². The van der Waals surface area contributed by atoms with Crippen LogP contribution in [-0.4, -0.2) is 7.11 Å². The van der Waals surface area contributed by atoms with Crippen LogP contribution < -0.4 is 4.74 Å². The second-order valence-corrected chi connectivity index (χ2v) is 6.36. The van der Waals surface area contributed by atoms with Crippen molar-refractivity contribution < 1.29 is 4.74 Å². The molecule has 0 aliphatic heterocycles. The summed E-state index contributed by atoms with van der Waals surface area (Å²) in [7, 11) is 1.71. The molecule has 1 nitrogen and oxygen atoms in total. The van der Waals surface area contributed by atoms with Gasteiger partial charge in [0.15, 0.2) is 0 Å². The van der Waals surface area contributed by atoms with Crippen LogP contribution in [0.25, 0.3) is 12.2 Å². The number of hydrogen-bond donors (Lipinski definition) is 0. The molecule has 0 bridgehead atoms. The number of fused-ring (bicyclic) bond motifs is 2. The molecule has 0 unspecified atom stereocenters. The Hall–Kier alpha value is -2.80. The minimum atomic E-state index is -0.205. The molecule has 0 N–H and O–H groups in total. The molecule has 3 aromatic rings. The van der Waals surface area contributed by atoms with E-state index in [1.807, 2.05) is 12.1 Å². The molecular formula is C23H20O. The maximum Gasteiger partial charge on any atom is 0.118 e. The average Bonchev–Trinajstić information content (AvgIpc) is 2.78. The van der Waals surface area contributed by atoms with Crippen molar-refractivity contribution in [3.05, 3.63) is 101 Å². The van der Waals surface area contributed by atoms with E-state index in [4.69, 9.17) is 4.74 Å². The van der Waals surface area contributed by atoms with E-state index >= 15 is 0 Å². The van der Waals surface area contributed by atoms with Gasteiger partial charge in [0.1, 0.15) is 5.75 Å². The van der Waals surface area contributed by atoms with Crippen LogP contribution in [0.2, 0.25) is 0 Å². The van der Waals surface area contributed by atoms with Crippen LogP contribution in [0.3, 0.4) is 0 Å². The smallest absolute Gasteiger partial charge is 0.118 e. The third-order valence-electron chi connectivity index (χ3n) is 5.11. The average molecular weight is 312 g/mol. The maximum absolute atomic E-state index is 5.34. The highest BCUT2D eigenvalue weighted by atomic mass is 16.5. The Morgan fingerprint density at radius 1 is 0.667 bits per heavy atom. The van der Waals surface area contributed by atoms with Gasteiger partial charge in [-0.1, -0.05) is 72.8 Å². The third kappa shape index (κ3) is 2.16. The summed E-state index contributed by atoms with van der Waals surface area (Å²) < 4.78 is 5.34. The first-order valence-electron chi connectivity index (χ1n) is 8.25. The lowest BCUT2D eigenvalue weighted by Gasteiger charge is -2.33. The first kappa shape index (κ1) is 14.8. The zero-order chi connectivity index (χ0) is 16.6. The molecule has 0 fully saturated rings. The first-order chi connectivity index (χ1) is 11.7. The predicted octanol–water partition coefficient (Wildman–Crippen LogP) is 5.53. The Bertz CT molecular complexity index is 854. The van der Waals surface area contributed by atoms with E-state index in [1.54, 1.807) is 7.11 Å². The van der Waals surface area contributed by atoms with Gasteiger partial charge < -0.3 is 4.74 Å². The molecule has 0 spiro atoms. The van der Waals surface area contributed by atoms with Crippen molar-refractivity contribution in [2.24, 2.45) is 0 Å². The van der Waals surface area contributed by atoms with Gasteiger partial charge in [-0.25, -0.2) is 0 Å². The standard InChI is InChI=1S/C23H20O/c1-23(19-13-15-20(24-2)16-14-19)21-9-5-3-7-17(21)11-12-18-8-4-6-10-22(18)23/h3-16H,1-2H3. The highest BCUT2D eigenvalue weighted by Gasteiger charge is 2.35. The fourth-order valence-electron chi connectivity index (χ4n) is 3.76. The van der Waals surface area contributed by atoms with Crippen molar-refractivity contribution in [2.75, 3.05) is 7.11 Å².